The Kier molecular flexibility index (Phi) is 8.65. The van der Waals surface area contributed by atoms with E-state index in [0.717, 1.165) is 23.5 Å². The van der Waals surface area contributed by atoms with Crippen molar-refractivity contribution in [3.63, 3.8) is 0 Å². The highest BCUT2D eigenvalue weighted by Crippen LogP contribution is 2.59. The van der Waals surface area contributed by atoms with E-state index in [1.54, 1.807) is 23.6 Å². The van der Waals surface area contributed by atoms with Gasteiger partial charge in [-0.15, -0.1) is 0 Å². The van der Waals surface area contributed by atoms with Crippen LogP contribution in [-0.4, -0.2) is 59.7 Å². The van der Waals surface area contributed by atoms with E-state index in [9.17, 15) is 24.4 Å². The fourth-order valence-corrected chi connectivity index (χ4v) is 7.02. The average Bonchev–Trinajstić information content (AvgIpc) is 3.36. The molecule has 2 saturated heterocycles. The lowest BCUT2D eigenvalue weighted by atomic mass is 9.94. The highest BCUT2D eigenvalue weighted by molar-refractivity contribution is 8.24. The van der Waals surface area contributed by atoms with Crippen LogP contribution in [0.5, 0.6) is 11.5 Å². The normalized spacial score (nSPS) is 17.7. The van der Waals surface area contributed by atoms with Crippen molar-refractivity contribution in [2.45, 2.75) is 49.3 Å². The van der Waals surface area contributed by atoms with E-state index in [1.807, 2.05) is 6.07 Å². The molecule has 0 atom stereocenters. The van der Waals surface area contributed by atoms with E-state index < -0.39 is 12.2 Å². The van der Waals surface area contributed by atoms with Crippen LogP contribution < -0.4 is 9.47 Å². The van der Waals surface area contributed by atoms with Crippen molar-refractivity contribution in [1.82, 2.24) is 9.80 Å². The number of benzene rings is 1. The molecule has 0 bridgehead atoms. The summed E-state index contributed by atoms with van der Waals surface area (Å²) in [6, 6.07) is 4.94. The molecule has 0 spiro atoms. The van der Waals surface area contributed by atoms with Crippen molar-refractivity contribution in [3.8, 4) is 17.6 Å². The molecule has 0 saturated carbocycles. The first-order chi connectivity index (χ1) is 18.2. The monoisotopic (exact) mass is 554 g/mol. The molecule has 3 aliphatic rings. The summed E-state index contributed by atoms with van der Waals surface area (Å²) in [5, 5.41) is 9.38. The number of allylic oxidation sites excluding steroid dienone is 1. The standard InChI is InChI=1S/C26H26N4O6S2/c1-15(31)17-6-10-29(11-7-17)25(33)35-20-4-5-21(23-22(20)37-24(38-23)19(14-27)28-3)36-26(34)30-12-8-18(9-13-30)16(2)32/h4-5,17-18H,6-13H2,1-2H3. The summed E-state index contributed by atoms with van der Waals surface area (Å²) in [4.78, 5) is 56.4. The van der Waals surface area contributed by atoms with E-state index in [0.29, 0.717) is 65.9 Å². The van der Waals surface area contributed by atoms with E-state index >= 15 is 0 Å². The maximum Gasteiger partial charge on any atom is 0.415 e. The van der Waals surface area contributed by atoms with Gasteiger partial charge >= 0.3 is 12.2 Å². The van der Waals surface area contributed by atoms with Gasteiger partial charge in [-0.3, -0.25) is 9.59 Å². The molecule has 0 aliphatic carbocycles. The summed E-state index contributed by atoms with van der Waals surface area (Å²) in [5.41, 5.74) is -0.108. The van der Waals surface area contributed by atoms with Crippen molar-refractivity contribution >= 4 is 47.3 Å². The number of hydrogen-bond donors (Lipinski definition) is 0. The summed E-state index contributed by atoms with van der Waals surface area (Å²) < 4.78 is 11.8. The molecule has 2 amide bonds. The van der Waals surface area contributed by atoms with Crippen LogP contribution in [0.3, 0.4) is 0 Å². The van der Waals surface area contributed by atoms with Gasteiger partial charge in [-0.1, -0.05) is 23.5 Å². The molecule has 3 aliphatic heterocycles. The first-order valence-corrected chi connectivity index (χ1v) is 13.8. The average molecular weight is 555 g/mol. The SMILES string of the molecule is [C-]#[N+]C(C#N)=C1Sc2c(OC(=O)N3CCC(C(C)=O)CC3)ccc(OC(=O)N3CCC(C(C)=O)CC3)c2S1. The molecule has 0 unspecified atom stereocenters. The minimum absolute atomic E-state index is 0.0526. The first kappa shape index (κ1) is 27.6. The summed E-state index contributed by atoms with van der Waals surface area (Å²) in [6.07, 6.45) is 1.20. The van der Waals surface area contributed by atoms with Crippen LogP contribution in [0.25, 0.3) is 4.85 Å². The molecule has 2 fully saturated rings. The number of carbonyl (C=O) groups excluding carboxylic acids is 4. The van der Waals surface area contributed by atoms with Gasteiger partial charge in [0, 0.05) is 38.0 Å². The van der Waals surface area contributed by atoms with Crippen LogP contribution in [-0.2, 0) is 9.59 Å². The van der Waals surface area contributed by atoms with Gasteiger partial charge < -0.3 is 19.3 Å². The second kappa shape index (κ2) is 11.9. The zero-order chi connectivity index (χ0) is 27.4. The highest BCUT2D eigenvalue weighted by atomic mass is 32.2. The number of hydrogen-bond acceptors (Lipinski definition) is 9. The van der Waals surface area contributed by atoms with Crippen LogP contribution in [0.1, 0.15) is 39.5 Å². The molecular weight excluding hydrogens is 528 g/mol. The number of nitriles is 1. The number of likely N-dealkylation sites (tertiary alicyclic amines) is 2. The topological polar surface area (TPSA) is 121 Å². The summed E-state index contributed by atoms with van der Waals surface area (Å²) >= 11 is 2.23. The highest BCUT2D eigenvalue weighted by Gasteiger charge is 2.33. The lowest BCUT2D eigenvalue weighted by Crippen LogP contribution is -2.41. The van der Waals surface area contributed by atoms with Crippen LogP contribution in [0.2, 0.25) is 0 Å². The largest absolute Gasteiger partial charge is 0.415 e. The number of thioether (sulfide) groups is 2. The van der Waals surface area contributed by atoms with Gasteiger partial charge in [-0.05, 0) is 51.7 Å². The van der Waals surface area contributed by atoms with Crippen molar-refractivity contribution < 1.29 is 28.7 Å². The van der Waals surface area contributed by atoms with Gasteiger partial charge in [-0.25, -0.2) is 19.7 Å². The van der Waals surface area contributed by atoms with Crippen LogP contribution in [0.15, 0.2) is 31.9 Å². The minimum atomic E-state index is -0.555. The fraction of sp³-hybridized carbons (Fsp3) is 0.462. The molecule has 10 nitrogen and oxygen atoms in total. The van der Waals surface area contributed by atoms with E-state index in [4.69, 9.17) is 16.0 Å². The fourth-order valence-electron chi connectivity index (χ4n) is 4.55. The number of Topliss-reactive ketones (excluding diaryl/α,β-unsaturated/α-hetero) is 2. The Morgan fingerprint density at radius 3 is 1.58 bits per heavy atom. The van der Waals surface area contributed by atoms with E-state index in [-0.39, 0.29) is 40.6 Å². The molecule has 198 valence electrons. The van der Waals surface area contributed by atoms with Gasteiger partial charge in [-0.2, -0.15) is 0 Å². The van der Waals surface area contributed by atoms with E-state index in [2.05, 4.69) is 4.85 Å². The maximum atomic E-state index is 12.9. The number of ether oxygens (including phenoxy) is 2. The third-order valence-electron chi connectivity index (χ3n) is 6.89. The Hall–Kier alpha value is -3.48. The number of nitrogens with zero attached hydrogens (tertiary/aromatic N) is 4. The molecule has 12 heteroatoms. The Morgan fingerprint density at radius 2 is 1.26 bits per heavy atom. The second-order valence-electron chi connectivity index (χ2n) is 9.26. The number of carbonyl (C=O) groups is 4. The third kappa shape index (κ3) is 5.98. The van der Waals surface area contributed by atoms with Gasteiger partial charge in [0.1, 0.15) is 23.1 Å². The molecule has 0 aromatic heterocycles. The molecule has 38 heavy (non-hydrogen) atoms. The Balaban J connectivity index is 1.53. The van der Waals surface area contributed by atoms with Crippen LogP contribution in [0, 0.1) is 29.7 Å². The number of piperidine rings is 2. The number of amides is 2. The molecule has 0 N–H and O–H groups in total. The Labute approximate surface area is 229 Å². The molecule has 0 radical (unpaired) electrons. The zero-order valence-corrected chi connectivity index (χ0v) is 22.7. The lowest BCUT2D eigenvalue weighted by Gasteiger charge is -2.30. The second-order valence-corrected chi connectivity index (χ2v) is 11.6. The van der Waals surface area contributed by atoms with Crippen molar-refractivity contribution in [2.75, 3.05) is 26.2 Å². The quantitative estimate of drug-likeness (QED) is 0.370. The van der Waals surface area contributed by atoms with Crippen molar-refractivity contribution in [1.29, 1.82) is 5.26 Å². The number of fused-ring (bicyclic) bond motifs is 1. The van der Waals surface area contributed by atoms with Crippen molar-refractivity contribution in [2.24, 2.45) is 11.8 Å². The summed E-state index contributed by atoms with van der Waals surface area (Å²) in [6.45, 7) is 12.1. The molecular formula is C26H26N4O6S2. The predicted molar refractivity (Wildman–Crippen MR) is 139 cm³/mol. The molecule has 4 rings (SSSR count). The number of ketones is 2. The van der Waals surface area contributed by atoms with E-state index in [1.165, 1.54) is 12.1 Å². The molecule has 1 aromatic carbocycles. The minimum Gasteiger partial charge on any atom is -0.409 e. The van der Waals surface area contributed by atoms with Gasteiger partial charge in [0.15, 0.2) is 0 Å². The lowest BCUT2D eigenvalue weighted by molar-refractivity contribution is -0.122. The smallest absolute Gasteiger partial charge is 0.409 e. The summed E-state index contributed by atoms with van der Waals surface area (Å²) in [5.74, 6) is 0.590. The van der Waals surface area contributed by atoms with Crippen LogP contribution >= 0.6 is 23.5 Å². The van der Waals surface area contributed by atoms with Crippen molar-refractivity contribution in [3.05, 3.63) is 33.5 Å². The predicted octanol–water partition coefficient (Wildman–Crippen LogP) is 5.10. The van der Waals surface area contributed by atoms with Gasteiger partial charge in [0.05, 0.1) is 26.7 Å². The third-order valence-corrected chi connectivity index (χ3v) is 9.50. The van der Waals surface area contributed by atoms with Gasteiger partial charge in [0.25, 0.3) is 5.70 Å². The first-order valence-electron chi connectivity index (χ1n) is 12.2. The molecule has 1 aromatic rings. The Morgan fingerprint density at radius 1 is 0.868 bits per heavy atom. The summed E-state index contributed by atoms with van der Waals surface area (Å²) in [7, 11) is 0. The number of rotatable bonds is 4. The zero-order valence-electron chi connectivity index (χ0n) is 21.0. The Bertz CT molecular complexity index is 1190. The maximum absolute atomic E-state index is 12.9. The molecule has 3 heterocycles. The van der Waals surface area contributed by atoms with Gasteiger partial charge in [0.2, 0.25) is 0 Å². The van der Waals surface area contributed by atoms with Crippen LogP contribution in [0.4, 0.5) is 9.59 Å².